The van der Waals surface area contributed by atoms with Gasteiger partial charge in [-0.25, -0.2) is 4.79 Å². The number of urea groups is 1. The lowest BCUT2D eigenvalue weighted by Gasteiger charge is -2.29. The summed E-state index contributed by atoms with van der Waals surface area (Å²) in [5.41, 5.74) is 0.836. The smallest absolute Gasteiger partial charge is 0.323 e. The molecule has 0 saturated carbocycles. The zero-order chi connectivity index (χ0) is 17.1. The fourth-order valence-electron chi connectivity index (χ4n) is 2.51. The molecule has 1 aromatic heterocycles. The van der Waals surface area contributed by atoms with Crippen LogP contribution in [0.25, 0.3) is 10.6 Å². The molecular formula is C15H15ClN4O3S. The number of carboxylic acid groups (broad SMARTS) is 1. The zero-order valence-corrected chi connectivity index (χ0v) is 14.2. The molecule has 7 nitrogen and oxygen atoms in total. The molecule has 2 amide bonds. The molecule has 0 radical (unpaired) electrons. The molecule has 1 aliphatic heterocycles. The number of carbonyl (C=O) groups excluding carboxylic acids is 1. The van der Waals surface area contributed by atoms with E-state index in [0.29, 0.717) is 41.1 Å². The van der Waals surface area contributed by atoms with Crippen LogP contribution < -0.4 is 5.32 Å². The van der Waals surface area contributed by atoms with Crippen LogP contribution in [0.15, 0.2) is 24.3 Å². The van der Waals surface area contributed by atoms with Crippen LogP contribution in [0.3, 0.4) is 0 Å². The van der Waals surface area contributed by atoms with Crippen molar-refractivity contribution in [1.29, 1.82) is 0 Å². The van der Waals surface area contributed by atoms with Gasteiger partial charge in [0.2, 0.25) is 5.13 Å². The molecule has 2 N–H and O–H groups in total. The fraction of sp³-hybridized carbons (Fsp3) is 0.333. The van der Waals surface area contributed by atoms with E-state index < -0.39 is 5.97 Å². The third-order valence-corrected chi connectivity index (χ3v) is 4.96. The van der Waals surface area contributed by atoms with E-state index in [2.05, 4.69) is 15.5 Å². The fourth-order valence-corrected chi connectivity index (χ4v) is 3.43. The highest BCUT2D eigenvalue weighted by atomic mass is 35.5. The number of nitrogens with zero attached hydrogens (tertiary/aromatic N) is 3. The van der Waals surface area contributed by atoms with Gasteiger partial charge in [0.05, 0.1) is 5.92 Å². The molecule has 1 aromatic carbocycles. The minimum Gasteiger partial charge on any atom is -0.481 e. The summed E-state index contributed by atoms with van der Waals surface area (Å²) in [6, 6.07) is 6.96. The van der Waals surface area contributed by atoms with E-state index in [4.69, 9.17) is 16.7 Å². The van der Waals surface area contributed by atoms with E-state index >= 15 is 0 Å². The van der Waals surface area contributed by atoms with Crippen molar-refractivity contribution in [2.24, 2.45) is 5.92 Å². The van der Waals surface area contributed by atoms with Crippen molar-refractivity contribution in [3.63, 3.8) is 0 Å². The van der Waals surface area contributed by atoms with Gasteiger partial charge in [0.1, 0.15) is 5.01 Å². The van der Waals surface area contributed by atoms with E-state index in [9.17, 15) is 9.59 Å². The van der Waals surface area contributed by atoms with Crippen LogP contribution in [0.5, 0.6) is 0 Å². The highest BCUT2D eigenvalue weighted by molar-refractivity contribution is 7.18. The first-order chi connectivity index (χ1) is 11.5. The minimum absolute atomic E-state index is 0.285. The Morgan fingerprint density at radius 3 is 2.71 bits per heavy atom. The molecule has 9 heteroatoms. The van der Waals surface area contributed by atoms with Gasteiger partial charge >= 0.3 is 12.0 Å². The Kier molecular flexibility index (Phi) is 4.96. The molecule has 0 bridgehead atoms. The Balaban J connectivity index is 1.61. The van der Waals surface area contributed by atoms with Gasteiger partial charge in [0, 0.05) is 23.7 Å². The van der Waals surface area contributed by atoms with E-state index in [0.717, 1.165) is 5.56 Å². The third-order valence-electron chi connectivity index (χ3n) is 3.84. The summed E-state index contributed by atoms with van der Waals surface area (Å²) in [5.74, 6) is -1.17. The number of rotatable bonds is 3. The van der Waals surface area contributed by atoms with Crippen molar-refractivity contribution in [3.8, 4) is 10.6 Å². The molecule has 0 unspecified atom stereocenters. The van der Waals surface area contributed by atoms with Crippen LogP contribution >= 0.6 is 22.9 Å². The van der Waals surface area contributed by atoms with Crippen molar-refractivity contribution < 1.29 is 14.7 Å². The number of carboxylic acids is 1. The van der Waals surface area contributed by atoms with Crippen LogP contribution in [0.2, 0.25) is 5.02 Å². The predicted molar refractivity (Wildman–Crippen MR) is 91.3 cm³/mol. The molecule has 3 rings (SSSR count). The Bertz CT molecular complexity index is 759. The highest BCUT2D eigenvalue weighted by Gasteiger charge is 2.27. The third kappa shape index (κ3) is 3.82. The molecule has 2 aromatic rings. The van der Waals surface area contributed by atoms with E-state index in [-0.39, 0.29) is 11.9 Å². The summed E-state index contributed by atoms with van der Waals surface area (Å²) >= 11 is 7.22. The van der Waals surface area contributed by atoms with Crippen molar-refractivity contribution >= 4 is 40.1 Å². The quantitative estimate of drug-likeness (QED) is 0.869. The Morgan fingerprint density at radius 1 is 1.29 bits per heavy atom. The number of amides is 2. The number of aromatic nitrogens is 2. The lowest BCUT2D eigenvalue weighted by molar-refractivity contribution is -0.143. The summed E-state index contributed by atoms with van der Waals surface area (Å²) in [7, 11) is 0. The number of hydrogen-bond acceptors (Lipinski definition) is 5. The number of nitrogens with one attached hydrogen (secondary N) is 1. The van der Waals surface area contributed by atoms with Gasteiger partial charge in [-0.2, -0.15) is 0 Å². The standard InChI is InChI=1S/C15H15ClN4O3S/c16-11-3-1-2-10(8-11)12-18-19-14(24-12)17-15(23)20-6-4-9(5-7-20)13(21)22/h1-3,8-9H,4-7H2,(H,21,22)(H,17,19,23). The van der Waals surface area contributed by atoms with Gasteiger partial charge in [-0.3, -0.25) is 10.1 Å². The van der Waals surface area contributed by atoms with Gasteiger partial charge in [0.15, 0.2) is 0 Å². The van der Waals surface area contributed by atoms with Crippen molar-refractivity contribution in [1.82, 2.24) is 15.1 Å². The predicted octanol–water partition coefficient (Wildman–Crippen LogP) is 3.19. The SMILES string of the molecule is O=C(O)C1CCN(C(=O)Nc2nnc(-c3cccc(Cl)c3)s2)CC1. The maximum absolute atomic E-state index is 12.2. The molecule has 1 saturated heterocycles. The van der Waals surface area contributed by atoms with Crippen LogP contribution in [-0.2, 0) is 4.79 Å². The number of piperidine rings is 1. The largest absolute Gasteiger partial charge is 0.481 e. The minimum atomic E-state index is -0.801. The van der Waals surface area contributed by atoms with Gasteiger partial charge in [0.25, 0.3) is 0 Å². The van der Waals surface area contributed by atoms with Crippen LogP contribution in [0.1, 0.15) is 12.8 Å². The highest BCUT2D eigenvalue weighted by Crippen LogP contribution is 2.28. The summed E-state index contributed by atoms with van der Waals surface area (Å²) in [4.78, 5) is 24.8. The maximum atomic E-state index is 12.2. The number of anilines is 1. The van der Waals surface area contributed by atoms with Gasteiger partial charge in [-0.05, 0) is 25.0 Å². The van der Waals surface area contributed by atoms with Crippen molar-refractivity contribution in [2.45, 2.75) is 12.8 Å². The van der Waals surface area contributed by atoms with Crippen LogP contribution in [0, 0.1) is 5.92 Å². The number of hydrogen-bond donors (Lipinski definition) is 2. The first-order valence-electron chi connectivity index (χ1n) is 7.41. The molecule has 126 valence electrons. The lowest BCUT2D eigenvalue weighted by atomic mass is 9.97. The number of carbonyl (C=O) groups is 2. The Hall–Kier alpha value is -2.19. The molecule has 2 heterocycles. The molecule has 24 heavy (non-hydrogen) atoms. The second-order valence-electron chi connectivity index (χ2n) is 5.45. The van der Waals surface area contributed by atoms with E-state index in [1.165, 1.54) is 11.3 Å². The summed E-state index contributed by atoms with van der Waals surface area (Å²) in [6.07, 6.45) is 0.930. The van der Waals surface area contributed by atoms with Gasteiger partial charge in [-0.15, -0.1) is 10.2 Å². The summed E-state index contributed by atoms with van der Waals surface area (Å²) < 4.78 is 0. The van der Waals surface area contributed by atoms with E-state index in [1.54, 1.807) is 17.0 Å². The summed E-state index contributed by atoms with van der Waals surface area (Å²) in [5, 5.41) is 21.4. The normalized spacial score (nSPS) is 15.3. The molecule has 1 aliphatic rings. The average Bonchev–Trinajstić information content (AvgIpc) is 3.03. The first-order valence-corrected chi connectivity index (χ1v) is 8.60. The maximum Gasteiger partial charge on any atom is 0.323 e. The average molecular weight is 367 g/mol. The van der Waals surface area contributed by atoms with Crippen LogP contribution in [0.4, 0.5) is 9.93 Å². The van der Waals surface area contributed by atoms with Gasteiger partial charge < -0.3 is 10.0 Å². The second kappa shape index (κ2) is 7.14. The first kappa shape index (κ1) is 16.7. The van der Waals surface area contributed by atoms with Crippen molar-refractivity contribution in [3.05, 3.63) is 29.3 Å². The number of aliphatic carboxylic acids is 1. The Morgan fingerprint density at radius 2 is 2.04 bits per heavy atom. The lowest BCUT2D eigenvalue weighted by Crippen LogP contribution is -2.42. The van der Waals surface area contributed by atoms with E-state index in [1.807, 2.05) is 12.1 Å². The van der Waals surface area contributed by atoms with Gasteiger partial charge in [-0.1, -0.05) is 35.1 Å². The Labute approximate surface area is 147 Å². The van der Waals surface area contributed by atoms with Crippen LogP contribution in [-0.4, -0.2) is 45.3 Å². The molecule has 0 atom stereocenters. The number of likely N-dealkylation sites (tertiary alicyclic amines) is 1. The monoisotopic (exact) mass is 366 g/mol. The zero-order valence-electron chi connectivity index (χ0n) is 12.6. The second-order valence-corrected chi connectivity index (χ2v) is 6.87. The molecular weight excluding hydrogens is 352 g/mol. The molecule has 0 spiro atoms. The topological polar surface area (TPSA) is 95.4 Å². The summed E-state index contributed by atoms with van der Waals surface area (Å²) in [6.45, 7) is 0.839. The number of halogens is 1. The van der Waals surface area contributed by atoms with Crippen molar-refractivity contribution in [2.75, 3.05) is 18.4 Å². The molecule has 0 aliphatic carbocycles. The number of benzene rings is 1. The molecule has 1 fully saturated rings.